The molecule has 0 aromatic heterocycles. The number of nitriles is 1. The lowest BCUT2D eigenvalue weighted by molar-refractivity contribution is -0.118. The zero-order chi connectivity index (χ0) is 21.2. The van der Waals surface area contributed by atoms with E-state index >= 15 is 0 Å². The Hall–Kier alpha value is -3.30. The summed E-state index contributed by atoms with van der Waals surface area (Å²) in [5, 5.41) is 15.0. The average Bonchev–Trinajstić information content (AvgIpc) is 2.71. The van der Waals surface area contributed by atoms with Crippen LogP contribution < -0.4 is 15.4 Å². The van der Waals surface area contributed by atoms with Crippen LogP contribution in [0.3, 0.4) is 0 Å². The van der Waals surface area contributed by atoms with Crippen LogP contribution in [-0.4, -0.2) is 25.0 Å². The third-order valence-electron chi connectivity index (χ3n) is 3.74. The van der Waals surface area contributed by atoms with E-state index in [4.69, 9.17) is 16.3 Å². The van der Waals surface area contributed by atoms with Crippen LogP contribution in [0.25, 0.3) is 6.08 Å². The first-order valence-electron chi connectivity index (χ1n) is 9.06. The number of anilines is 1. The number of nitrogens with one attached hydrogen (secondary N) is 2. The first kappa shape index (κ1) is 22.0. The van der Waals surface area contributed by atoms with Gasteiger partial charge in [-0.15, -0.1) is 0 Å². The van der Waals surface area contributed by atoms with Gasteiger partial charge in [0.1, 0.15) is 17.4 Å². The van der Waals surface area contributed by atoms with Crippen LogP contribution in [0.15, 0.2) is 54.1 Å². The number of hydrogen-bond donors (Lipinski definition) is 2. The minimum Gasteiger partial charge on any atom is -0.484 e. The predicted octanol–water partition coefficient (Wildman–Crippen LogP) is 4.04. The molecule has 150 valence electrons. The van der Waals surface area contributed by atoms with Crippen molar-refractivity contribution in [1.82, 2.24) is 5.32 Å². The number of halogens is 1. The molecule has 7 heteroatoms. The van der Waals surface area contributed by atoms with E-state index in [1.807, 2.05) is 19.9 Å². The van der Waals surface area contributed by atoms with Gasteiger partial charge < -0.3 is 15.4 Å². The maximum Gasteiger partial charge on any atom is 0.262 e. The molecule has 0 spiro atoms. The second-order valence-corrected chi connectivity index (χ2v) is 7.07. The second-order valence-electron chi connectivity index (χ2n) is 6.66. The van der Waals surface area contributed by atoms with Crippen molar-refractivity contribution in [1.29, 1.82) is 5.26 Å². The molecule has 0 radical (unpaired) electrons. The first-order chi connectivity index (χ1) is 13.9. The highest BCUT2D eigenvalue weighted by molar-refractivity contribution is 6.33. The summed E-state index contributed by atoms with van der Waals surface area (Å²) in [7, 11) is 0. The number of hydrogen-bond acceptors (Lipinski definition) is 4. The molecule has 2 rings (SSSR count). The van der Waals surface area contributed by atoms with Gasteiger partial charge in [0.25, 0.3) is 11.8 Å². The SMILES string of the molecule is CC(C)CNC(=O)/C(C#N)=C/c1ccc(OCC(=O)Nc2ccccc2Cl)cc1. The molecule has 2 N–H and O–H groups in total. The predicted molar refractivity (Wildman–Crippen MR) is 113 cm³/mol. The fourth-order valence-electron chi connectivity index (χ4n) is 2.27. The summed E-state index contributed by atoms with van der Waals surface area (Å²) in [6.07, 6.45) is 1.50. The van der Waals surface area contributed by atoms with Gasteiger partial charge in [-0.2, -0.15) is 5.26 Å². The monoisotopic (exact) mass is 411 g/mol. The van der Waals surface area contributed by atoms with Crippen LogP contribution in [0, 0.1) is 17.2 Å². The van der Waals surface area contributed by atoms with Gasteiger partial charge in [-0.3, -0.25) is 9.59 Å². The van der Waals surface area contributed by atoms with Crippen molar-refractivity contribution in [2.75, 3.05) is 18.5 Å². The summed E-state index contributed by atoms with van der Waals surface area (Å²) >= 11 is 6.00. The highest BCUT2D eigenvalue weighted by atomic mass is 35.5. The third kappa shape index (κ3) is 7.32. The molecule has 29 heavy (non-hydrogen) atoms. The van der Waals surface area contributed by atoms with Crippen molar-refractivity contribution in [3.8, 4) is 11.8 Å². The first-order valence-corrected chi connectivity index (χ1v) is 9.44. The van der Waals surface area contributed by atoms with Gasteiger partial charge in [0.15, 0.2) is 6.61 Å². The Morgan fingerprint density at radius 3 is 2.48 bits per heavy atom. The molecular weight excluding hydrogens is 390 g/mol. The van der Waals surface area contributed by atoms with Crippen LogP contribution in [0.1, 0.15) is 19.4 Å². The number of carbonyl (C=O) groups is 2. The van der Waals surface area contributed by atoms with Gasteiger partial charge >= 0.3 is 0 Å². The van der Waals surface area contributed by atoms with Crippen molar-refractivity contribution in [2.45, 2.75) is 13.8 Å². The molecule has 0 aliphatic heterocycles. The molecule has 6 nitrogen and oxygen atoms in total. The van der Waals surface area contributed by atoms with Crippen molar-refractivity contribution in [3.63, 3.8) is 0 Å². The smallest absolute Gasteiger partial charge is 0.262 e. The van der Waals surface area contributed by atoms with E-state index in [9.17, 15) is 14.9 Å². The fraction of sp³-hybridized carbons (Fsp3) is 0.227. The zero-order valence-corrected chi connectivity index (χ0v) is 17.0. The summed E-state index contributed by atoms with van der Waals surface area (Å²) in [4.78, 5) is 24.0. The quantitative estimate of drug-likeness (QED) is 0.506. The van der Waals surface area contributed by atoms with E-state index in [1.165, 1.54) is 6.08 Å². The lowest BCUT2D eigenvalue weighted by Crippen LogP contribution is -2.28. The Kier molecular flexibility index (Phi) is 8.26. The molecule has 0 saturated carbocycles. The number of amides is 2. The molecule has 0 unspecified atom stereocenters. The van der Waals surface area contributed by atoms with Crippen LogP contribution in [-0.2, 0) is 9.59 Å². The molecule has 0 bridgehead atoms. The minimum absolute atomic E-state index is 0.0263. The molecule has 0 heterocycles. The zero-order valence-electron chi connectivity index (χ0n) is 16.2. The molecule has 2 amide bonds. The second kappa shape index (κ2) is 10.9. The van der Waals surface area contributed by atoms with Crippen molar-refractivity contribution < 1.29 is 14.3 Å². The average molecular weight is 412 g/mol. The van der Waals surface area contributed by atoms with Gasteiger partial charge in [0.05, 0.1) is 10.7 Å². The van der Waals surface area contributed by atoms with E-state index in [1.54, 1.807) is 48.5 Å². The largest absolute Gasteiger partial charge is 0.484 e. The van der Waals surface area contributed by atoms with E-state index in [2.05, 4.69) is 10.6 Å². The van der Waals surface area contributed by atoms with E-state index < -0.39 is 5.91 Å². The third-order valence-corrected chi connectivity index (χ3v) is 4.07. The van der Waals surface area contributed by atoms with E-state index in [0.29, 0.717) is 34.5 Å². The van der Waals surface area contributed by atoms with Gasteiger partial charge in [0.2, 0.25) is 0 Å². The molecule has 0 aliphatic carbocycles. The number of ether oxygens (including phenoxy) is 1. The molecule has 2 aromatic carbocycles. The molecule has 0 saturated heterocycles. The Balaban J connectivity index is 1.92. The number of nitrogens with zero attached hydrogens (tertiary/aromatic N) is 1. The highest BCUT2D eigenvalue weighted by Gasteiger charge is 2.10. The summed E-state index contributed by atoms with van der Waals surface area (Å²) in [6, 6.07) is 15.6. The maximum absolute atomic E-state index is 12.0. The normalized spacial score (nSPS) is 10.9. The van der Waals surface area contributed by atoms with Gasteiger partial charge in [0, 0.05) is 6.54 Å². The minimum atomic E-state index is -0.405. The molecule has 0 fully saturated rings. The Bertz CT molecular complexity index is 931. The summed E-state index contributed by atoms with van der Waals surface area (Å²) in [5.74, 6) is 0.0399. The fourth-order valence-corrected chi connectivity index (χ4v) is 2.45. The van der Waals surface area contributed by atoms with Crippen LogP contribution >= 0.6 is 11.6 Å². The Morgan fingerprint density at radius 1 is 1.17 bits per heavy atom. The lowest BCUT2D eigenvalue weighted by Gasteiger charge is -2.09. The topological polar surface area (TPSA) is 91.2 Å². The molecule has 0 aliphatic rings. The highest BCUT2D eigenvalue weighted by Crippen LogP contribution is 2.20. The van der Waals surface area contributed by atoms with Gasteiger partial charge in [-0.1, -0.05) is 49.7 Å². The maximum atomic E-state index is 12.0. The van der Waals surface area contributed by atoms with Crippen molar-refractivity contribution in [2.24, 2.45) is 5.92 Å². The number of para-hydroxylation sites is 1. The Labute approximate surface area is 175 Å². The van der Waals surface area contributed by atoms with Crippen molar-refractivity contribution >= 4 is 35.2 Å². The molecule has 2 aromatic rings. The number of carbonyl (C=O) groups excluding carboxylic acids is 2. The lowest BCUT2D eigenvalue weighted by atomic mass is 10.1. The van der Waals surface area contributed by atoms with Gasteiger partial charge in [-0.05, 0) is 41.8 Å². The molecule has 0 atom stereocenters. The number of rotatable bonds is 8. The summed E-state index contributed by atoms with van der Waals surface area (Å²) in [5.41, 5.74) is 1.22. The van der Waals surface area contributed by atoms with E-state index in [-0.39, 0.29) is 18.1 Å². The van der Waals surface area contributed by atoms with Gasteiger partial charge in [-0.25, -0.2) is 0 Å². The van der Waals surface area contributed by atoms with Crippen LogP contribution in [0.2, 0.25) is 5.02 Å². The molecular formula is C22H22ClN3O3. The standard InChI is InChI=1S/C22H22ClN3O3/c1-15(2)13-25-22(28)17(12-24)11-16-7-9-18(10-8-16)29-14-21(27)26-20-6-4-3-5-19(20)23/h3-11,15H,13-14H2,1-2H3,(H,25,28)(H,26,27)/b17-11+. The van der Waals surface area contributed by atoms with Crippen molar-refractivity contribution in [3.05, 3.63) is 64.7 Å². The summed E-state index contributed by atoms with van der Waals surface area (Å²) < 4.78 is 5.46. The summed E-state index contributed by atoms with van der Waals surface area (Å²) in [6.45, 7) is 4.27. The Morgan fingerprint density at radius 2 is 1.86 bits per heavy atom. The van der Waals surface area contributed by atoms with Crippen LogP contribution in [0.4, 0.5) is 5.69 Å². The van der Waals surface area contributed by atoms with E-state index in [0.717, 1.165) is 0 Å². The number of benzene rings is 2. The van der Waals surface area contributed by atoms with Crippen LogP contribution in [0.5, 0.6) is 5.75 Å².